The molecule has 1 aromatic carbocycles. The third-order valence-electron chi connectivity index (χ3n) is 18.2. The van der Waals surface area contributed by atoms with Crippen molar-refractivity contribution in [3.63, 3.8) is 0 Å². The van der Waals surface area contributed by atoms with E-state index in [1.54, 1.807) is 7.11 Å². The van der Waals surface area contributed by atoms with Crippen LogP contribution in [0.15, 0.2) is 35.9 Å². The van der Waals surface area contributed by atoms with Gasteiger partial charge in [0.2, 0.25) is 5.91 Å². The minimum Gasteiger partial charge on any atom is -0.495 e. The van der Waals surface area contributed by atoms with E-state index in [0.29, 0.717) is 19.5 Å². The number of rotatable bonds is 6. The van der Waals surface area contributed by atoms with Crippen LogP contribution in [0.3, 0.4) is 0 Å². The average Bonchev–Trinajstić information content (AvgIpc) is 3.20. The molecule has 0 spiro atoms. The number of hydrogen-bond donors (Lipinski definition) is 4. The Morgan fingerprint density at radius 1 is 0.862 bits per heavy atom. The van der Waals surface area contributed by atoms with Crippen molar-refractivity contribution in [3.8, 4) is 5.75 Å². The number of benzene rings is 1. The third kappa shape index (κ3) is 6.17. The molecule has 2 aliphatic heterocycles. The van der Waals surface area contributed by atoms with Gasteiger partial charge >= 0.3 is 0 Å². The molecule has 7 aliphatic rings. The number of piperazine rings is 1. The number of fused-ring (bicyclic) bond motifs is 7. The van der Waals surface area contributed by atoms with Gasteiger partial charge in [0.25, 0.3) is 0 Å². The van der Waals surface area contributed by atoms with Crippen LogP contribution in [0.1, 0.15) is 106 Å². The number of hydrogen-bond acceptors (Lipinski definition) is 10. The SMILES string of the molecule is COc1ccccc1N1CCN(C(=O)[C@@]2(C)CC[C@]3(C)CC[C@]4(C)C(=CC(=O)[C@@H]5[C@@]6(C)CC[C@H](O[C@@H]7O[C@H](CO)[C@@H](O)[C@H](O)[C@H]7O)C(C)(C)[C@@H]6CC[C@]54C)[C@@H]3C2)CC1. The van der Waals surface area contributed by atoms with Gasteiger partial charge in [0.05, 0.1) is 25.5 Å². The Kier molecular flexibility index (Phi) is 10.6. The first-order valence-electron chi connectivity index (χ1n) is 22.2. The van der Waals surface area contributed by atoms with Crippen molar-refractivity contribution in [1.82, 2.24) is 4.90 Å². The lowest BCUT2D eigenvalue weighted by Gasteiger charge is -2.70. The van der Waals surface area contributed by atoms with Crippen LogP contribution in [-0.4, -0.2) is 114 Å². The van der Waals surface area contributed by atoms with E-state index in [4.69, 9.17) is 14.2 Å². The Balaban J connectivity index is 1.02. The van der Waals surface area contributed by atoms with E-state index in [0.717, 1.165) is 75.9 Å². The van der Waals surface area contributed by atoms with E-state index in [-0.39, 0.29) is 57.2 Å². The number of aliphatic hydroxyl groups excluding tert-OH is 4. The van der Waals surface area contributed by atoms with Gasteiger partial charge in [0, 0.05) is 37.5 Å². The molecule has 14 atom stereocenters. The Bertz CT molecular complexity index is 1790. The first-order valence-corrected chi connectivity index (χ1v) is 22.2. The fourth-order valence-electron chi connectivity index (χ4n) is 14.4. The minimum absolute atomic E-state index is 0.0417. The molecule has 0 aromatic heterocycles. The van der Waals surface area contributed by atoms with Crippen LogP contribution in [0.25, 0.3) is 0 Å². The summed E-state index contributed by atoms with van der Waals surface area (Å²) in [6, 6.07) is 8.09. The number of para-hydroxylation sites is 2. The number of aliphatic hydroxyl groups is 4. The van der Waals surface area contributed by atoms with Crippen LogP contribution < -0.4 is 9.64 Å². The Morgan fingerprint density at radius 2 is 1.55 bits per heavy atom. The zero-order chi connectivity index (χ0) is 41.8. The fraction of sp³-hybridized carbons (Fsp3) is 0.787. The highest BCUT2D eigenvalue weighted by Gasteiger charge is 2.70. The van der Waals surface area contributed by atoms with Gasteiger partial charge in [0.15, 0.2) is 12.1 Å². The molecule has 1 amide bonds. The number of ether oxygens (including phenoxy) is 3. The number of carbonyl (C=O) groups excluding carboxylic acids is 2. The molecule has 11 nitrogen and oxygen atoms in total. The second-order valence-corrected chi connectivity index (χ2v) is 21.4. The first-order chi connectivity index (χ1) is 27.3. The van der Waals surface area contributed by atoms with Crippen molar-refractivity contribution in [2.75, 3.05) is 44.8 Å². The molecule has 4 saturated carbocycles. The number of anilines is 1. The number of allylic oxidation sites excluding steroid dienone is 2. The predicted molar refractivity (Wildman–Crippen MR) is 220 cm³/mol. The smallest absolute Gasteiger partial charge is 0.228 e. The summed E-state index contributed by atoms with van der Waals surface area (Å²) in [7, 11) is 1.70. The molecule has 58 heavy (non-hydrogen) atoms. The van der Waals surface area contributed by atoms with Gasteiger partial charge in [-0.3, -0.25) is 9.59 Å². The first kappa shape index (κ1) is 42.2. The van der Waals surface area contributed by atoms with Crippen LogP contribution >= 0.6 is 0 Å². The molecular weight excluding hydrogens is 737 g/mol. The molecule has 6 fully saturated rings. The minimum atomic E-state index is -1.50. The van der Waals surface area contributed by atoms with Crippen molar-refractivity contribution >= 4 is 17.4 Å². The second-order valence-electron chi connectivity index (χ2n) is 21.4. The Labute approximate surface area is 345 Å². The highest BCUT2D eigenvalue weighted by molar-refractivity contribution is 5.96. The Morgan fingerprint density at radius 3 is 2.24 bits per heavy atom. The van der Waals surface area contributed by atoms with Gasteiger partial charge < -0.3 is 44.4 Å². The summed E-state index contributed by atoms with van der Waals surface area (Å²) >= 11 is 0. The van der Waals surface area contributed by atoms with Crippen molar-refractivity contribution in [2.24, 2.45) is 50.2 Å². The van der Waals surface area contributed by atoms with Gasteiger partial charge in [-0.25, -0.2) is 0 Å². The molecule has 1 aromatic rings. The highest BCUT2D eigenvalue weighted by Crippen LogP contribution is 2.75. The number of carbonyl (C=O) groups is 2. The molecule has 5 aliphatic carbocycles. The molecule has 11 heteroatoms. The topological polar surface area (TPSA) is 149 Å². The molecule has 0 unspecified atom stereocenters. The number of amides is 1. The van der Waals surface area contributed by atoms with Crippen molar-refractivity contribution in [2.45, 2.75) is 143 Å². The molecule has 4 N–H and O–H groups in total. The van der Waals surface area contributed by atoms with E-state index in [9.17, 15) is 25.2 Å². The number of nitrogens with zero attached hydrogens (tertiary/aromatic N) is 2. The van der Waals surface area contributed by atoms with E-state index in [1.807, 2.05) is 18.2 Å². The van der Waals surface area contributed by atoms with E-state index >= 15 is 4.79 Å². The van der Waals surface area contributed by atoms with Gasteiger partial charge in [-0.1, -0.05) is 66.2 Å². The summed E-state index contributed by atoms with van der Waals surface area (Å²) in [6.07, 6.45) is 3.13. The largest absolute Gasteiger partial charge is 0.495 e. The zero-order valence-corrected chi connectivity index (χ0v) is 36.2. The molecule has 8 rings (SSSR count). The lowest BCUT2D eigenvalue weighted by atomic mass is 9.33. The lowest BCUT2D eigenvalue weighted by molar-refractivity contribution is -0.329. The maximum absolute atomic E-state index is 15.1. The quantitative estimate of drug-likeness (QED) is 0.272. The molecule has 322 valence electrons. The van der Waals surface area contributed by atoms with Crippen LogP contribution in [-0.2, 0) is 19.1 Å². The van der Waals surface area contributed by atoms with E-state index < -0.39 is 48.1 Å². The van der Waals surface area contributed by atoms with Crippen LogP contribution in [0.2, 0.25) is 0 Å². The standard InChI is InChI=1S/C47H70N2O9/c1-42(2)34-13-16-47(7)39(45(34,5)15-14-35(42)58-40-38(54)37(53)36(52)33(27-50)57-40)31(51)25-28-29-26-44(4,18-17-43(29,3)19-20-46(28,47)6)41(55)49-23-21-48(22-24-49)30-11-9-10-12-32(30)56-8/h9-12,25,29,33-40,50,52-54H,13-24,26-27H2,1-8H3/t29-,33+,34-,35-,36+,37-,38+,39+,40-,43+,44-,45-,46+,47+/m0/s1. The third-order valence-corrected chi connectivity index (χ3v) is 18.2. The summed E-state index contributed by atoms with van der Waals surface area (Å²) in [6.45, 7) is 18.6. The van der Waals surface area contributed by atoms with Gasteiger partial charge in [-0.05, 0) is 115 Å². The second kappa shape index (κ2) is 14.5. The van der Waals surface area contributed by atoms with Crippen molar-refractivity contribution in [1.29, 1.82) is 0 Å². The molecule has 0 bridgehead atoms. The summed E-state index contributed by atoms with van der Waals surface area (Å²) in [4.78, 5) is 34.1. The summed E-state index contributed by atoms with van der Waals surface area (Å²) in [5.41, 5.74) is 0.786. The predicted octanol–water partition coefficient (Wildman–Crippen LogP) is 5.51. The normalized spacial score (nSPS) is 46.2. The lowest BCUT2D eigenvalue weighted by Crippen LogP contribution is -2.67. The number of methoxy groups -OCH3 is 1. The molecular formula is C47H70N2O9. The summed E-state index contributed by atoms with van der Waals surface area (Å²) in [5.74, 6) is 1.49. The van der Waals surface area contributed by atoms with E-state index in [1.165, 1.54) is 5.57 Å². The van der Waals surface area contributed by atoms with Crippen LogP contribution in [0.5, 0.6) is 5.75 Å². The fourth-order valence-corrected chi connectivity index (χ4v) is 14.4. The van der Waals surface area contributed by atoms with Crippen LogP contribution in [0, 0.1) is 50.2 Å². The highest BCUT2D eigenvalue weighted by atomic mass is 16.7. The van der Waals surface area contributed by atoms with Gasteiger partial charge in [-0.2, -0.15) is 0 Å². The molecule has 2 saturated heterocycles. The van der Waals surface area contributed by atoms with E-state index in [2.05, 4.69) is 70.4 Å². The zero-order valence-electron chi connectivity index (χ0n) is 36.2. The number of ketones is 1. The Hall–Kier alpha value is -2.54. The van der Waals surface area contributed by atoms with Crippen molar-refractivity contribution < 1.29 is 44.2 Å². The van der Waals surface area contributed by atoms with Crippen molar-refractivity contribution in [3.05, 3.63) is 35.9 Å². The summed E-state index contributed by atoms with van der Waals surface area (Å²) < 4.78 is 17.9. The van der Waals surface area contributed by atoms with Gasteiger partial charge in [-0.15, -0.1) is 0 Å². The molecule has 0 radical (unpaired) electrons. The summed E-state index contributed by atoms with van der Waals surface area (Å²) in [5, 5.41) is 41.5. The average molecular weight is 807 g/mol. The monoisotopic (exact) mass is 807 g/mol. The van der Waals surface area contributed by atoms with Crippen LogP contribution in [0.4, 0.5) is 5.69 Å². The van der Waals surface area contributed by atoms with Gasteiger partial charge in [0.1, 0.15) is 30.2 Å². The maximum Gasteiger partial charge on any atom is 0.228 e. The molecule has 2 heterocycles. The maximum atomic E-state index is 15.1.